The van der Waals surface area contributed by atoms with Gasteiger partial charge in [0.05, 0.1) is 0 Å². The van der Waals surface area contributed by atoms with Gasteiger partial charge in [-0.1, -0.05) is 16.5 Å². The summed E-state index contributed by atoms with van der Waals surface area (Å²) in [4.78, 5) is 16.1. The monoisotopic (exact) mass is 268 g/mol. The quantitative estimate of drug-likeness (QED) is 0.456. The first kappa shape index (κ1) is 12.7. The number of nitrogens with zero attached hydrogens (tertiary/aromatic N) is 6. The Bertz CT molecular complexity index is 483. The third-order valence-electron chi connectivity index (χ3n) is 2.56. The molecule has 1 amide bonds. The Morgan fingerprint density at radius 1 is 1.67 bits per heavy atom. The fourth-order valence-electron chi connectivity index (χ4n) is 1.78. The minimum absolute atomic E-state index is 0.00624. The Labute approximate surface area is 107 Å². The van der Waals surface area contributed by atoms with Gasteiger partial charge in [0.25, 0.3) is 0 Å². The number of aromatic nitrogens is 2. The predicted molar refractivity (Wildman–Crippen MR) is 65.1 cm³/mol. The highest BCUT2D eigenvalue weighted by atomic mass is 32.1. The third-order valence-corrected chi connectivity index (χ3v) is 3.48. The van der Waals surface area contributed by atoms with Crippen molar-refractivity contribution in [3.8, 4) is 0 Å². The molecular formula is C9H12N6O2S. The lowest BCUT2D eigenvalue weighted by Crippen LogP contribution is -2.24. The van der Waals surface area contributed by atoms with Gasteiger partial charge in [-0.2, -0.15) is 0 Å². The van der Waals surface area contributed by atoms with Crippen LogP contribution in [0.25, 0.3) is 10.4 Å². The molecule has 2 rings (SSSR count). The molecule has 1 unspecified atom stereocenters. The summed E-state index contributed by atoms with van der Waals surface area (Å²) >= 11 is 1.34. The molecule has 1 fully saturated rings. The van der Waals surface area contributed by atoms with E-state index in [4.69, 9.17) is 10.3 Å². The Hall–Kier alpha value is -1.70. The Balaban J connectivity index is 2.04. The van der Waals surface area contributed by atoms with Gasteiger partial charge in [-0.15, -0.1) is 10.2 Å². The summed E-state index contributed by atoms with van der Waals surface area (Å²) in [5, 5.41) is 12.7. The van der Waals surface area contributed by atoms with Crippen molar-refractivity contribution in [1.29, 1.82) is 0 Å². The van der Waals surface area contributed by atoms with E-state index in [0.29, 0.717) is 31.2 Å². The van der Waals surface area contributed by atoms with Crippen molar-refractivity contribution >= 4 is 22.4 Å². The Kier molecular flexibility index (Phi) is 4.08. The summed E-state index contributed by atoms with van der Waals surface area (Å²) in [6, 6.07) is 0. The molecule has 0 aliphatic carbocycles. The minimum Gasteiger partial charge on any atom is -0.377 e. The van der Waals surface area contributed by atoms with Gasteiger partial charge in [0, 0.05) is 31.5 Å². The summed E-state index contributed by atoms with van der Waals surface area (Å²) in [6.07, 6.45) is 0.387. The lowest BCUT2D eigenvalue weighted by Gasteiger charge is -2.10. The summed E-state index contributed by atoms with van der Waals surface area (Å²) < 4.78 is 4.95. The molecule has 8 nitrogen and oxygen atoms in total. The van der Waals surface area contributed by atoms with E-state index >= 15 is 0 Å². The van der Waals surface area contributed by atoms with Gasteiger partial charge in [0.15, 0.2) is 0 Å². The summed E-state index contributed by atoms with van der Waals surface area (Å²) in [6.45, 7) is 1.25. The first-order valence-electron chi connectivity index (χ1n) is 5.37. The van der Waals surface area contributed by atoms with E-state index in [9.17, 15) is 4.79 Å². The Morgan fingerprint density at radius 3 is 3.22 bits per heavy atom. The molecular weight excluding hydrogens is 256 g/mol. The zero-order valence-electron chi connectivity index (χ0n) is 9.81. The van der Waals surface area contributed by atoms with Crippen LogP contribution in [0.5, 0.6) is 0 Å². The number of carbonyl (C=O) groups is 1. The normalized spacial score (nSPS) is 19.1. The number of hydrogen-bond donors (Lipinski definition) is 0. The van der Waals surface area contributed by atoms with Crippen LogP contribution in [0.1, 0.15) is 11.4 Å². The van der Waals surface area contributed by atoms with Crippen molar-refractivity contribution in [2.75, 3.05) is 25.1 Å². The summed E-state index contributed by atoms with van der Waals surface area (Å²) in [5.41, 5.74) is 8.26. The van der Waals surface area contributed by atoms with Crippen molar-refractivity contribution in [3.63, 3.8) is 0 Å². The second kappa shape index (κ2) is 5.76. The molecule has 0 bridgehead atoms. The number of hydrogen-bond acceptors (Lipinski definition) is 6. The highest BCUT2D eigenvalue weighted by Gasteiger charge is 2.32. The van der Waals surface area contributed by atoms with Crippen LogP contribution in [0.4, 0.5) is 5.13 Å². The molecule has 9 heteroatoms. The van der Waals surface area contributed by atoms with E-state index in [1.165, 1.54) is 11.3 Å². The number of carbonyl (C=O) groups excluding carboxylic acids is 1. The second-order valence-corrected chi connectivity index (χ2v) is 4.94. The number of anilines is 1. The van der Waals surface area contributed by atoms with Crippen molar-refractivity contribution < 1.29 is 9.53 Å². The van der Waals surface area contributed by atoms with Gasteiger partial charge in [-0.3, -0.25) is 9.69 Å². The highest BCUT2D eigenvalue weighted by molar-refractivity contribution is 7.15. The first-order chi connectivity index (χ1) is 8.74. The molecule has 0 saturated carbocycles. The Morgan fingerprint density at radius 2 is 2.50 bits per heavy atom. The summed E-state index contributed by atoms with van der Waals surface area (Å²) in [7, 11) is 1.58. The van der Waals surface area contributed by atoms with E-state index in [0.717, 1.165) is 5.01 Å². The van der Waals surface area contributed by atoms with Crippen LogP contribution < -0.4 is 4.90 Å². The zero-order valence-corrected chi connectivity index (χ0v) is 10.6. The van der Waals surface area contributed by atoms with Crippen LogP contribution in [0.2, 0.25) is 0 Å². The van der Waals surface area contributed by atoms with Gasteiger partial charge >= 0.3 is 0 Å². The fourth-order valence-corrected chi connectivity index (χ4v) is 2.61. The zero-order chi connectivity index (χ0) is 13.0. The molecule has 1 atom stereocenters. The van der Waals surface area contributed by atoms with Crippen molar-refractivity contribution in [2.45, 2.75) is 13.0 Å². The minimum atomic E-state index is -0.00624. The fraction of sp³-hybridized carbons (Fsp3) is 0.667. The lowest BCUT2D eigenvalue weighted by molar-refractivity contribution is -0.117. The van der Waals surface area contributed by atoms with Gasteiger partial charge in [-0.05, 0) is 11.4 Å². The van der Waals surface area contributed by atoms with E-state index in [-0.39, 0.29) is 11.8 Å². The topological polar surface area (TPSA) is 104 Å². The maximum Gasteiger partial charge on any atom is 0.229 e. The molecule has 0 spiro atoms. The average Bonchev–Trinajstić information content (AvgIpc) is 2.94. The van der Waals surface area contributed by atoms with E-state index in [2.05, 4.69) is 20.2 Å². The molecule has 2 heterocycles. The molecule has 96 valence electrons. The SMILES string of the molecule is COCc1nnc(N2CC(CN=[N+]=[N-])CC2=O)s1. The van der Waals surface area contributed by atoms with Crippen LogP contribution in [0.15, 0.2) is 5.11 Å². The first-order valence-corrected chi connectivity index (χ1v) is 6.18. The van der Waals surface area contributed by atoms with Crippen molar-refractivity contribution in [2.24, 2.45) is 11.0 Å². The standard InChI is InChI=1S/C9H12N6O2S/c1-17-5-7-12-13-9(18-7)15-4-6(2-8(15)16)3-11-14-10/h6H,2-5H2,1H3. The van der Waals surface area contributed by atoms with Gasteiger partial charge in [0.1, 0.15) is 11.6 Å². The molecule has 1 aromatic heterocycles. The van der Waals surface area contributed by atoms with Crippen LogP contribution in [0, 0.1) is 5.92 Å². The average molecular weight is 268 g/mol. The molecule has 0 radical (unpaired) electrons. The van der Waals surface area contributed by atoms with Gasteiger partial charge in [-0.25, -0.2) is 0 Å². The molecule has 1 aromatic rings. The van der Waals surface area contributed by atoms with Crippen molar-refractivity contribution in [3.05, 3.63) is 15.5 Å². The lowest BCUT2D eigenvalue weighted by atomic mass is 10.1. The molecule has 0 aromatic carbocycles. The number of azide groups is 1. The molecule has 0 N–H and O–H groups in total. The largest absolute Gasteiger partial charge is 0.377 e. The maximum absolute atomic E-state index is 11.8. The van der Waals surface area contributed by atoms with Crippen molar-refractivity contribution in [1.82, 2.24) is 10.2 Å². The molecule has 1 aliphatic heterocycles. The van der Waals surface area contributed by atoms with Crippen LogP contribution in [-0.2, 0) is 16.1 Å². The van der Waals surface area contributed by atoms with Crippen LogP contribution >= 0.6 is 11.3 Å². The van der Waals surface area contributed by atoms with Gasteiger partial charge in [0.2, 0.25) is 11.0 Å². The number of ether oxygens (including phenoxy) is 1. The van der Waals surface area contributed by atoms with E-state index < -0.39 is 0 Å². The summed E-state index contributed by atoms with van der Waals surface area (Å²) in [5.74, 6) is 0.0523. The second-order valence-electron chi connectivity index (χ2n) is 3.90. The van der Waals surface area contributed by atoms with E-state index in [1.807, 2.05) is 0 Å². The number of rotatable bonds is 5. The predicted octanol–water partition coefficient (Wildman–Crippen LogP) is 1.35. The molecule has 18 heavy (non-hydrogen) atoms. The third kappa shape index (κ3) is 2.76. The van der Waals surface area contributed by atoms with Crippen LogP contribution in [-0.4, -0.2) is 36.3 Å². The number of methoxy groups -OCH3 is 1. The number of amides is 1. The van der Waals surface area contributed by atoms with E-state index in [1.54, 1.807) is 12.0 Å². The molecule has 1 saturated heterocycles. The van der Waals surface area contributed by atoms with Gasteiger partial charge < -0.3 is 4.74 Å². The molecule has 1 aliphatic rings. The maximum atomic E-state index is 11.8. The smallest absolute Gasteiger partial charge is 0.229 e. The van der Waals surface area contributed by atoms with Crippen LogP contribution in [0.3, 0.4) is 0 Å². The highest BCUT2D eigenvalue weighted by Crippen LogP contribution is 2.28.